The van der Waals surface area contributed by atoms with Gasteiger partial charge in [0.2, 0.25) is 0 Å². The van der Waals surface area contributed by atoms with Crippen molar-refractivity contribution in [2.24, 2.45) is 5.92 Å². The third-order valence-corrected chi connectivity index (χ3v) is 4.17. The van der Waals surface area contributed by atoms with E-state index in [1.807, 2.05) is 24.3 Å². The van der Waals surface area contributed by atoms with E-state index >= 15 is 0 Å². The average Bonchev–Trinajstić information content (AvgIpc) is 3.20. The van der Waals surface area contributed by atoms with Gasteiger partial charge in [-0.1, -0.05) is 31.9 Å². The van der Waals surface area contributed by atoms with E-state index in [4.69, 9.17) is 9.47 Å². The Balaban J connectivity index is 2.21. The molecule has 0 saturated heterocycles. The Kier molecular flexibility index (Phi) is 4.13. The number of esters is 1. The molecule has 0 radical (unpaired) electrons. The number of methoxy groups -OCH3 is 2. The number of hydrogen-bond acceptors (Lipinski definition) is 3. The Hall–Kier alpha value is -1.51. The smallest absolute Gasteiger partial charge is 0.316 e. The van der Waals surface area contributed by atoms with Crippen molar-refractivity contribution in [2.45, 2.75) is 38.0 Å². The maximum Gasteiger partial charge on any atom is 0.316 e. The first-order valence-corrected chi connectivity index (χ1v) is 6.92. The number of carbonyl (C=O) groups is 1. The molecule has 1 aromatic carbocycles. The summed E-state index contributed by atoms with van der Waals surface area (Å²) in [6.45, 7) is 2.18. The van der Waals surface area contributed by atoms with Crippen LogP contribution in [0.5, 0.6) is 5.75 Å². The molecule has 1 aromatic rings. The highest BCUT2D eigenvalue weighted by Crippen LogP contribution is 2.57. The second-order valence-electron chi connectivity index (χ2n) is 5.23. The van der Waals surface area contributed by atoms with Gasteiger partial charge in [-0.15, -0.1) is 0 Å². The summed E-state index contributed by atoms with van der Waals surface area (Å²) in [6, 6.07) is 7.80. The van der Waals surface area contributed by atoms with Crippen LogP contribution in [-0.2, 0) is 14.9 Å². The third-order valence-electron chi connectivity index (χ3n) is 4.17. The topological polar surface area (TPSA) is 35.5 Å². The molecule has 1 aliphatic carbocycles. The van der Waals surface area contributed by atoms with Gasteiger partial charge in [-0.05, 0) is 36.5 Å². The van der Waals surface area contributed by atoms with Crippen molar-refractivity contribution in [1.82, 2.24) is 0 Å². The van der Waals surface area contributed by atoms with Crippen molar-refractivity contribution >= 4 is 5.97 Å². The van der Waals surface area contributed by atoms with E-state index in [2.05, 4.69) is 6.92 Å². The van der Waals surface area contributed by atoms with Crippen LogP contribution in [0.25, 0.3) is 0 Å². The van der Waals surface area contributed by atoms with Gasteiger partial charge in [-0.2, -0.15) is 0 Å². The molecule has 1 saturated carbocycles. The minimum absolute atomic E-state index is 0.0984. The molecule has 1 aliphatic rings. The Morgan fingerprint density at radius 2 is 2.00 bits per heavy atom. The summed E-state index contributed by atoms with van der Waals surface area (Å²) in [5.74, 6) is 1.14. The quantitative estimate of drug-likeness (QED) is 0.738. The van der Waals surface area contributed by atoms with Gasteiger partial charge in [0.05, 0.1) is 19.6 Å². The highest BCUT2D eigenvalue weighted by atomic mass is 16.5. The lowest BCUT2D eigenvalue weighted by molar-refractivity contribution is -0.144. The second-order valence-corrected chi connectivity index (χ2v) is 5.23. The SMILES string of the molecule is CCCC[C@@H]1C[C@]1(C(=O)OC)c1ccc(OC)cc1. The van der Waals surface area contributed by atoms with Gasteiger partial charge in [0.1, 0.15) is 5.75 Å². The zero-order chi connectivity index (χ0) is 13.9. The molecule has 0 bridgehead atoms. The number of carbonyl (C=O) groups excluding carboxylic acids is 1. The number of rotatable bonds is 6. The molecule has 1 fully saturated rings. The molecule has 3 heteroatoms. The number of benzene rings is 1. The van der Waals surface area contributed by atoms with Gasteiger partial charge < -0.3 is 9.47 Å². The Morgan fingerprint density at radius 1 is 1.32 bits per heavy atom. The summed E-state index contributed by atoms with van der Waals surface area (Å²) in [5.41, 5.74) is 0.650. The molecule has 3 nitrogen and oxygen atoms in total. The van der Waals surface area contributed by atoms with Crippen molar-refractivity contribution < 1.29 is 14.3 Å². The maximum atomic E-state index is 12.2. The molecule has 0 aromatic heterocycles. The van der Waals surface area contributed by atoms with Gasteiger partial charge in [0.25, 0.3) is 0 Å². The second kappa shape index (κ2) is 5.64. The van der Waals surface area contributed by atoms with Crippen LogP contribution in [-0.4, -0.2) is 20.2 Å². The molecule has 0 amide bonds. The average molecular weight is 262 g/mol. The van der Waals surface area contributed by atoms with Crippen molar-refractivity contribution in [3.05, 3.63) is 29.8 Å². The first-order chi connectivity index (χ1) is 9.18. The summed E-state index contributed by atoms with van der Waals surface area (Å²) in [7, 11) is 3.12. The lowest BCUT2D eigenvalue weighted by atomic mass is 9.91. The third kappa shape index (κ3) is 2.46. The highest BCUT2D eigenvalue weighted by Gasteiger charge is 2.61. The van der Waals surface area contributed by atoms with Gasteiger partial charge in [-0.25, -0.2) is 0 Å². The Morgan fingerprint density at radius 3 is 2.53 bits per heavy atom. The minimum Gasteiger partial charge on any atom is -0.497 e. The normalized spacial score (nSPS) is 24.9. The molecule has 0 spiro atoms. The molecular formula is C16H22O3. The zero-order valence-corrected chi connectivity index (χ0v) is 11.9. The Bertz CT molecular complexity index is 438. The minimum atomic E-state index is -0.407. The van der Waals surface area contributed by atoms with Crippen LogP contribution in [0.4, 0.5) is 0 Å². The predicted molar refractivity (Wildman–Crippen MR) is 74.3 cm³/mol. The van der Waals surface area contributed by atoms with E-state index in [0.717, 1.165) is 30.6 Å². The van der Waals surface area contributed by atoms with Crippen molar-refractivity contribution in [1.29, 1.82) is 0 Å². The summed E-state index contributed by atoms with van der Waals surface area (Å²) in [4.78, 5) is 12.2. The summed E-state index contributed by atoms with van der Waals surface area (Å²) in [6.07, 6.45) is 4.33. The van der Waals surface area contributed by atoms with Crippen LogP contribution in [0.2, 0.25) is 0 Å². The lowest BCUT2D eigenvalue weighted by Gasteiger charge is -2.16. The summed E-state index contributed by atoms with van der Waals surface area (Å²) in [5, 5.41) is 0. The molecule has 0 heterocycles. The molecule has 2 atom stereocenters. The molecule has 104 valence electrons. The largest absolute Gasteiger partial charge is 0.497 e. The molecule has 2 rings (SSSR count). The van der Waals surface area contributed by atoms with E-state index < -0.39 is 5.41 Å². The van der Waals surface area contributed by atoms with Crippen LogP contribution in [0, 0.1) is 5.92 Å². The molecule has 0 N–H and O–H groups in total. The Labute approximate surface area is 114 Å². The zero-order valence-electron chi connectivity index (χ0n) is 11.9. The van der Waals surface area contributed by atoms with Crippen molar-refractivity contribution in [3.8, 4) is 5.75 Å². The van der Waals surface area contributed by atoms with E-state index in [1.165, 1.54) is 13.5 Å². The standard InChI is InChI=1S/C16H22O3/c1-4-5-6-13-11-16(13,15(17)19-3)12-7-9-14(18-2)10-8-12/h7-10,13H,4-6,11H2,1-3H3/t13-,16+/m1/s1. The molecular weight excluding hydrogens is 240 g/mol. The molecule has 19 heavy (non-hydrogen) atoms. The van der Waals surface area contributed by atoms with Crippen LogP contribution in [0.1, 0.15) is 38.2 Å². The fourth-order valence-electron chi connectivity index (χ4n) is 2.92. The maximum absolute atomic E-state index is 12.2. The van der Waals surface area contributed by atoms with E-state index in [9.17, 15) is 4.79 Å². The van der Waals surface area contributed by atoms with E-state index in [0.29, 0.717) is 5.92 Å². The van der Waals surface area contributed by atoms with Crippen LogP contribution < -0.4 is 4.74 Å². The number of unbranched alkanes of at least 4 members (excludes halogenated alkanes) is 1. The predicted octanol–water partition coefficient (Wildman–Crippen LogP) is 3.32. The number of hydrogen-bond donors (Lipinski definition) is 0. The fourth-order valence-corrected chi connectivity index (χ4v) is 2.92. The van der Waals surface area contributed by atoms with Crippen LogP contribution in [0.15, 0.2) is 24.3 Å². The van der Waals surface area contributed by atoms with Crippen LogP contribution >= 0.6 is 0 Å². The van der Waals surface area contributed by atoms with Gasteiger partial charge in [0, 0.05) is 0 Å². The van der Waals surface area contributed by atoms with E-state index in [1.54, 1.807) is 7.11 Å². The highest BCUT2D eigenvalue weighted by molar-refractivity contribution is 5.87. The first kappa shape index (κ1) is 13.9. The van der Waals surface area contributed by atoms with Gasteiger partial charge >= 0.3 is 5.97 Å². The van der Waals surface area contributed by atoms with Gasteiger partial charge in [-0.3, -0.25) is 4.79 Å². The first-order valence-electron chi connectivity index (χ1n) is 6.92. The summed E-state index contributed by atoms with van der Waals surface area (Å²) < 4.78 is 10.2. The van der Waals surface area contributed by atoms with E-state index in [-0.39, 0.29) is 5.97 Å². The lowest BCUT2D eigenvalue weighted by Crippen LogP contribution is -2.24. The monoisotopic (exact) mass is 262 g/mol. The molecule has 0 unspecified atom stereocenters. The fraction of sp³-hybridized carbons (Fsp3) is 0.562. The molecule has 0 aliphatic heterocycles. The number of ether oxygens (including phenoxy) is 2. The van der Waals surface area contributed by atoms with Crippen molar-refractivity contribution in [3.63, 3.8) is 0 Å². The summed E-state index contributed by atoms with van der Waals surface area (Å²) >= 11 is 0. The van der Waals surface area contributed by atoms with Crippen molar-refractivity contribution in [2.75, 3.05) is 14.2 Å². The van der Waals surface area contributed by atoms with Gasteiger partial charge in [0.15, 0.2) is 0 Å². The van der Waals surface area contributed by atoms with Crippen LogP contribution in [0.3, 0.4) is 0 Å².